The van der Waals surface area contributed by atoms with E-state index in [1.165, 1.54) is 37.7 Å². The van der Waals surface area contributed by atoms with Crippen LogP contribution in [0.3, 0.4) is 0 Å². The van der Waals surface area contributed by atoms with E-state index in [0.29, 0.717) is 0 Å². The number of alkyl halides is 1. The molecule has 1 aliphatic carbocycles. The minimum Gasteiger partial charge on any atom is -0.310 e. The highest BCUT2D eigenvalue weighted by Crippen LogP contribution is 2.29. The number of rotatable bonds is 5. The zero-order valence-electron chi connectivity index (χ0n) is 10.4. The number of hydrogen-bond acceptors (Lipinski definition) is 1. The first kappa shape index (κ1) is 12.9. The Kier molecular flexibility index (Phi) is 4.87. The molecule has 0 atom stereocenters. The second kappa shape index (κ2) is 6.42. The highest BCUT2D eigenvalue weighted by atomic mass is 35.5. The average Bonchev–Trinajstić information content (AvgIpc) is 2.41. The smallest absolute Gasteiger partial charge is 0.0406 e. The van der Waals surface area contributed by atoms with Crippen molar-refractivity contribution in [3.63, 3.8) is 0 Å². The van der Waals surface area contributed by atoms with E-state index in [-0.39, 0.29) is 5.54 Å². The van der Waals surface area contributed by atoms with Crippen molar-refractivity contribution in [1.82, 2.24) is 5.32 Å². The molecule has 0 unspecified atom stereocenters. The molecule has 2 heteroatoms. The van der Waals surface area contributed by atoms with Crippen molar-refractivity contribution >= 4 is 11.6 Å². The molecule has 0 radical (unpaired) electrons. The van der Waals surface area contributed by atoms with E-state index in [2.05, 4.69) is 35.6 Å². The van der Waals surface area contributed by atoms with Gasteiger partial charge >= 0.3 is 0 Å². The summed E-state index contributed by atoms with van der Waals surface area (Å²) in [6, 6.07) is 10.7. The second-order valence-electron chi connectivity index (χ2n) is 5.14. The Labute approximate surface area is 110 Å². The first-order chi connectivity index (χ1) is 8.35. The van der Waals surface area contributed by atoms with E-state index in [0.717, 1.165) is 18.8 Å². The Morgan fingerprint density at radius 2 is 1.76 bits per heavy atom. The van der Waals surface area contributed by atoms with Gasteiger partial charge in [-0.25, -0.2) is 0 Å². The monoisotopic (exact) mass is 251 g/mol. The fraction of sp³-hybridized carbons (Fsp3) is 0.600. The van der Waals surface area contributed by atoms with Gasteiger partial charge in [0.25, 0.3) is 0 Å². The van der Waals surface area contributed by atoms with Crippen LogP contribution >= 0.6 is 11.6 Å². The maximum atomic E-state index is 6.16. The van der Waals surface area contributed by atoms with Crippen LogP contribution < -0.4 is 5.32 Å². The van der Waals surface area contributed by atoms with Gasteiger partial charge in [0, 0.05) is 11.4 Å². The Hall–Kier alpha value is -0.530. The summed E-state index contributed by atoms with van der Waals surface area (Å²) < 4.78 is 0. The molecule has 1 nitrogen and oxygen atoms in total. The third kappa shape index (κ3) is 3.72. The van der Waals surface area contributed by atoms with Crippen LogP contribution in [0.4, 0.5) is 0 Å². The lowest BCUT2D eigenvalue weighted by Gasteiger charge is -2.36. The largest absolute Gasteiger partial charge is 0.310 e. The van der Waals surface area contributed by atoms with Crippen LogP contribution in [0, 0.1) is 0 Å². The minimum atomic E-state index is 0.217. The van der Waals surface area contributed by atoms with Gasteiger partial charge in [-0.1, -0.05) is 49.6 Å². The summed E-state index contributed by atoms with van der Waals surface area (Å²) >= 11 is 6.16. The molecule has 1 aromatic carbocycles. The molecule has 1 N–H and O–H groups in total. The second-order valence-corrected chi connectivity index (χ2v) is 5.40. The van der Waals surface area contributed by atoms with Gasteiger partial charge < -0.3 is 5.32 Å². The molecule has 0 aliphatic heterocycles. The van der Waals surface area contributed by atoms with Gasteiger partial charge in [0.1, 0.15) is 0 Å². The highest BCUT2D eigenvalue weighted by molar-refractivity contribution is 6.18. The SMILES string of the molecule is ClCC1(NCCc2ccccc2)CCCCC1. The standard InChI is InChI=1S/C15H22ClN/c16-13-15(10-5-2-6-11-15)17-12-9-14-7-3-1-4-8-14/h1,3-4,7-8,17H,2,5-6,9-13H2. The van der Waals surface area contributed by atoms with Crippen molar-refractivity contribution in [3.05, 3.63) is 35.9 Å². The van der Waals surface area contributed by atoms with Crippen molar-refractivity contribution in [2.45, 2.75) is 44.1 Å². The van der Waals surface area contributed by atoms with Gasteiger partial charge in [-0.3, -0.25) is 0 Å². The molecule has 0 heterocycles. The molecule has 1 aliphatic rings. The molecule has 1 saturated carbocycles. The molecule has 2 rings (SSSR count). The van der Waals surface area contributed by atoms with E-state index >= 15 is 0 Å². The van der Waals surface area contributed by atoms with Crippen LogP contribution in [0.5, 0.6) is 0 Å². The van der Waals surface area contributed by atoms with E-state index in [1.807, 2.05) is 0 Å². The van der Waals surface area contributed by atoms with Crippen molar-refractivity contribution < 1.29 is 0 Å². The number of halogens is 1. The topological polar surface area (TPSA) is 12.0 Å². The third-order valence-corrected chi connectivity index (χ3v) is 4.33. The zero-order valence-corrected chi connectivity index (χ0v) is 11.2. The molecule has 1 fully saturated rings. The summed E-state index contributed by atoms with van der Waals surface area (Å²) in [5, 5.41) is 3.70. The Bertz CT molecular complexity index is 317. The molecular formula is C15H22ClN. The Balaban J connectivity index is 1.80. The van der Waals surface area contributed by atoms with Gasteiger partial charge in [0.2, 0.25) is 0 Å². The predicted molar refractivity (Wildman–Crippen MR) is 74.7 cm³/mol. The summed E-state index contributed by atoms with van der Waals surface area (Å²) in [4.78, 5) is 0. The highest BCUT2D eigenvalue weighted by Gasteiger charge is 2.29. The molecule has 94 valence electrons. The van der Waals surface area contributed by atoms with E-state index < -0.39 is 0 Å². The predicted octanol–water partition coefficient (Wildman–Crippen LogP) is 3.76. The Morgan fingerprint density at radius 1 is 1.06 bits per heavy atom. The average molecular weight is 252 g/mol. The Morgan fingerprint density at radius 3 is 2.41 bits per heavy atom. The fourth-order valence-electron chi connectivity index (χ4n) is 2.70. The maximum Gasteiger partial charge on any atom is 0.0406 e. The molecule has 0 spiro atoms. The molecule has 0 amide bonds. The first-order valence-electron chi connectivity index (χ1n) is 6.70. The maximum absolute atomic E-state index is 6.16. The molecule has 0 saturated heterocycles. The van der Waals surface area contributed by atoms with Crippen molar-refractivity contribution in [2.24, 2.45) is 0 Å². The first-order valence-corrected chi connectivity index (χ1v) is 7.23. The van der Waals surface area contributed by atoms with Crippen LogP contribution in [0.1, 0.15) is 37.7 Å². The fourth-order valence-corrected chi connectivity index (χ4v) is 3.06. The van der Waals surface area contributed by atoms with Crippen LogP contribution in [0.15, 0.2) is 30.3 Å². The van der Waals surface area contributed by atoms with Crippen molar-refractivity contribution in [3.8, 4) is 0 Å². The van der Waals surface area contributed by atoms with E-state index in [4.69, 9.17) is 11.6 Å². The molecule has 0 bridgehead atoms. The molecule has 1 aromatic rings. The van der Waals surface area contributed by atoms with Gasteiger partial charge in [-0.2, -0.15) is 0 Å². The molecule has 17 heavy (non-hydrogen) atoms. The van der Waals surface area contributed by atoms with E-state index in [9.17, 15) is 0 Å². The van der Waals surface area contributed by atoms with Crippen molar-refractivity contribution in [1.29, 1.82) is 0 Å². The van der Waals surface area contributed by atoms with Crippen molar-refractivity contribution in [2.75, 3.05) is 12.4 Å². The summed E-state index contributed by atoms with van der Waals surface area (Å²) in [7, 11) is 0. The summed E-state index contributed by atoms with van der Waals surface area (Å²) in [6.07, 6.45) is 7.60. The summed E-state index contributed by atoms with van der Waals surface area (Å²) in [5.74, 6) is 0.752. The van der Waals surface area contributed by atoms with Crippen LogP contribution in [-0.4, -0.2) is 18.0 Å². The third-order valence-electron chi connectivity index (χ3n) is 3.82. The quantitative estimate of drug-likeness (QED) is 0.786. The van der Waals surface area contributed by atoms with E-state index in [1.54, 1.807) is 0 Å². The minimum absolute atomic E-state index is 0.217. The lowest BCUT2D eigenvalue weighted by Crippen LogP contribution is -2.49. The van der Waals surface area contributed by atoms with Gasteiger partial charge in [0.15, 0.2) is 0 Å². The summed E-state index contributed by atoms with van der Waals surface area (Å²) in [6.45, 7) is 1.04. The van der Waals surface area contributed by atoms with Gasteiger partial charge in [0.05, 0.1) is 0 Å². The normalized spacial score (nSPS) is 19.1. The molecular weight excluding hydrogens is 230 g/mol. The number of benzene rings is 1. The van der Waals surface area contributed by atoms with Crippen LogP contribution in [0.2, 0.25) is 0 Å². The summed E-state index contributed by atoms with van der Waals surface area (Å²) in [5.41, 5.74) is 1.62. The van der Waals surface area contributed by atoms with Crippen LogP contribution in [-0.2, 0) is 6.42 Å². The van der Waals surface area contributed by atoms with Crippen LogP contribution in [0.25, 0.3) is 0 Å². The number of hydrogen-bond donors (Lipinski definition) is 1. The zero-order chi connectivity index (χ0) is 12.0. The van der Waals surface area contributed by atoms with Gasteiger partial charge in [-0.05, 0) is 31.4 Å². The molecule has 0 aromatic heterocycles. The van der Waals surface area contributed by atoms with Gasteiger partial charge in [-0.15, -0.1) is 11.6 Å². The number of nitrogens with one attached hydrogen (secondary N) is 1. The lowest BCUT2D eigenvalue weighted by molar-refractivity contribution is 0.260. The lowest BCUT2D eigenvalue weighted by atomic mass is 9.83.